The molecule has 1 unspecified atom stereocenters. The molecule has 1 amide bonds. The monoisotopic (exact) mass is 342 g/mol. The van der Waals surface area contributed by atoms with Crippen LogP contribution in [-0.2, 0) is 11.2 Å². The van der Waals surface area contributed by atoms with E-state index in [1.165, 1.54) is 6.07 Å². The molecule has 132 valence electrons. The summed E-state index contributed by atoms with van der Waals surface area (Å²) in [5.74, 6) is -0.401. The van der Waals surface area contributed by atoms with Gasteiger partial charge < -0.3 is 15.3 Å². The van der Waals surface area contributed by atoms with Crippen molar-refractivity contribution >= 4 is 5.91 Å². The average molecular weight is 342 g/mol. The number of carbonyl (C=O) groups is 1. The van der Waals surface area contributed by atoms with Gasteiger partial charge in [-0.25, -0.2) is 4.39 Å². The van der Waals surface area contributed by atoms with E-state index >= 15 is 0 Å². The molecule has 1 aliphatic heterocycles. The molecule has 2 atom stereocenters. The molecular weight excluding hydrogens is 319 g/mol. The maximum Gasteiger partial charge on any atom is 0.237 e. The molecule has 1 heterocycles. The summed E-state index contributed by atoms with van der Waals surface area (Å²) in [5, 5.41) is 12.3. The van der Waals surface area contributed by atoms with Crippen LogP contribution in [0.5, 0.6) is 0 Å². The smallest absolute Gasteiger partial charge is 0.237 e. The molecule has 0 radical (unpaired) electrons. The first-order chi connectivity index (χ1) is 12.1. The van der Waals surface area contributed by atoms with Crippen LogP contribution in [0.25, 0.3) is 0 Å². The van der Waals surface area contributed by atoms with Crippen molar-refractivity contribution in [3.63, 3.8) is 0 Å². The molecule has 2 aromatic carbocycles. The fourth-order valence-electron chi connectivity index (χ4n) is 3.36. The van der Waals surface area contributed by atoms with Gasteiger partial charge in [-0.1, -0.05) is 42.5 Å². The molecule has 2 aromatic rings. The molecule has 0 saturated heterocycles. The number of nitrogens with zero attached hydrogens (tertiary/aromatic N) is 1. The van der Waals surface area contributed by atoms with Crippen LogP contribution < -0.4 is 5.32 Å². The van der Waals surface area contributed by atoms with Crippen LogP contribution in [0.15, 0.2) is 48.5 Å². The van der Waals surface area contributed by atoms with E-state index in [2.05, 4.69) is 5.32 Å². The molecule has 1 aliphatic rings. The quantitative estimate of drug-likeness (QED) is 0.876. The molecule has 0 spiro atoms. The highest BCUT2D eigenvalue weighted by Gasteiger charge is 2.33. The van der Waals surface area contributed by atoms with Crippen LogP contribution in [0.1, 0.15) is 29.7 Å². The first kappa shape index (κ1) is 17.6. The Morgan fingerprint density at radius 1 is 1.24 bits per heavy atom. The summed E-state index contributed by atoms with van der Waals surface area (Å²) in [6.45, 7) is 2.68. The Hall–Kier alpha value is -2.24. The molecule has 4 nitrogen and oxygen atoms in total. The number of hydrogen-bond acceptors (Lipinski definition) is 3. The molecule has 0 fully saturated rings. The van der Waals surface area contributed by atoms with Crippen molar-refractivity contribution in [1.82, 2.24) is 10.2 Å². The minimum atomic E-state index is -0.516. The minimum Gasteiger partial charge on any atom is -0.392 e. The van der Waals surface area contributed by atoms with Gasteiger partial charge in [0.05, 0.1) is 18.7 Å². The maximum atomic E-state index is 14.5. The van der Waals surface area contributed by atoms with Gasteiger partial charge in [0, 0.05) is 18.7 Å². The summed E-state index contributed by atoms with van der Waals surface area (Å²) < 4.78 is 14.5. The van der Waals surface area contributed by atoms with Gasteiger partial charge in [0.25, 0.3) is 0 Å². The molecule has 25 heavy (non-hydrogen) atoms. The fraction of sp³-hybridized carbons (Fsp3) is 0.350. The zero-order chi connectivity index (χ0) is 17.8. The number of fused-ring (bicyclic) bond motifs is 1. The third kappa shape index (κ3) is 3.89. The van der Waals surface area contributed by atoms with Gasteiger partial charge in [0.2, 0.25) is 5.91 Å². The number of carbonyl (C=O) groups excluding carboxylic acids is 1. The van der Waals surface area contributed by atoms with Gasteiger partial charge >= 0.3 is 0 Å². The van der Waals surface area contributed by atoms with Crippen LogP contribution in [-0.4, -0.2) is 41.7 Å². The van der Waals surface area contributed by atoms with E-state index in [0.29, 0.717) is 18.7 Å². The van der Waals surface area contributed by atoms with Crippen molar-refractivity contribution in [2.45, 2.75) is 25.5 Å². The Bertz CT molecular complexity index is 748. The van der Waals surface area contributed by atoms with E-state index < -0.39 is 12.1 Å². The summed E-state index contributed by atoms with van der Waals surface area (Å²) in [6, 6.07) is 14.1. The summed E-state index contributed by atoms with van der Waals surface area (Å²) in [6.07, 6.45) is 0.237. The predicted octanol–water partition coefficient (Wildman–Crippen LogP) is 2.27. The fourth-order valence-corrected chi connectivity index (χ4v) is 3.36. The van der Waals surface area contributed by atoms with Crippen molar-refractivity contribution in [2.75, 3.05) is 19.6 Å². The van der Waals surface area contributed by atoms with Crippen LogP contribution in [0, 0.1) is 5.82 Å². The second kappa shape index (κ2) is 7.76. The van der Waals surface area contributed by atoms with Crippen LogP contribution in [0.2, 0.25) is 0 Å². The second-order valence-electron chi connectivity index (χ2n) is 6.44. The van der Waals surface area contributed by atoms with Crippen molar-refractivity contribution in [3.05, 3.63) is 71.0 Å². The van der Waals surface area contributed by atoms with Gasteiger partial charge in [-0.2, -0.15) is 0 Å². The number of rotatable bonds is 5. The lowest BCUT2D eigenvalue weighted by molar-refractivity contribution is -0.132. The maximum absolute atomic E-state index is 14.5. The van der Waals surface area contributed by atoms with E-state index in [-0.39, 0.29) is 18.3 Å². The van der Waals surface area contributed by atoms with Gasteiger partial charge in [0.15, 0.2) is 0 Å². The van der Waals surface area contributed by atoms with Gasteiger partial charge in [-0.15, -0.1) is 0 Å². The van der Waals surface area contributed by atoms with Crippen LogP contribution >= 0.6 is 0 Å². The highest BCUT2D eigenvalue weighted by atomic mass is 19.1. The molecule has 2 N–H and O–H groups in total. The second-order valence-corrected chi connectivity index (χ2v) is 6.44. The van der Waals surface area contributed by atoms with Crippen molar-refractivity contribution in [1.29, 1.82) is 0 Å². The number of hydrogen-bond donors (Lipinski definition) is 2. The molecule has 0 saturated carbocycles. The highest BCUT2D eigenvalue weighted by molar-refractivity contribution is 5.79. The number of amides is 1. The lowest BCUT2D eigenvalue weighted by Gasteiger charge is -2.38. The van der Waals surface area contributed by atoms with E-state index in [4.69, 9.17) is 0 Å². The number of aliphatic hydroxyl groups excluding tert-OH is 1. The summed E-state index contributed by atoms with van der Waals surface area (Å²) in [5.41, 5.74) is 2.64. The zero-order valence-electron chi connectivity index (χ0n) is 14.3. The normalized spacial score (nSPS) is 17.9. The van der Waals surface area contributed by atoms with Gasteiger partial charge in [-0.05, 0) is 30.5 Å². The predicted molar refractivity (Wildman–Crippen MR) is 94.7 cm³/mol. The third-order valence-corrected chi connectivity index (χ3v) is 4.52. The number of halogens is 1. The first-order valence-corrected chi connectivity index (χ1v) is 8.58. The van der Waals surface area contributed by atoms with E-state index in [0.717, 1.165) is 17.5 Å². The standard InChI is InChI=1S/C20H23FN2O2/c1-14(24)12-22-13-19(25)23-11-10-15-6-2-3-7-16(15)20(23)17-8-4-5-9-18(17)21/h2-9,14,20,22,24H,10-13H2,1H3/t14-,20?/m1/s1. The number of nitrogens with one attached hydrogen (secondary N) is 1. The Labute approximate surface area is 147 Å². The Morgan fingerprint density at radius 2 is 1.92 bits per heavy atom. The SMILES string of the molecule is C[C@@H](O)CNCC(=O)N1CCc2ccccc2C1c1ccccc1F. The lowest BCUT2D eigenvalue weighted by Crippen LogP contribution is -2.45. The molecular formula is C20H23FN2O2. The molecule has 5 heteroatoms. The molecule has 3 rings (SSSR count). The Kier molecular flexibility index (Phi) is 5.46. The van der Waals surface area contributed by atoms with Gasteiger partial charge in [0.1, 0.15) is 5.82 Å². The molecule has 0 aromatic heterocycles. The van der Waals surface area contributed by atoms with E-state index in [1.807, 2.05) is 24.3 Å². The van der Waals surface area contributed by atoms with Crippen molar-refractivity contribution < 1.29 is 14.3 Å². The number of benzene rings is 2. The minimum absolute atomic E-state index is 0.0941. The lowest BCUT2D eigenvalue weighted by atomic mass is 9.88. The average Bonchev–Trinajstić information content (AvgIpc) is 2.61. The summed E-state index contributed by atoms with van der Waals surface area (Å²) in [4.78, 5) is 14.5. The summed E-state index contributed by atoms with van der Waals surface area (Å²) >= 11 is 0. The zero-order valence-corrected chi connectivity index (χ0v) is 14.3. The number of aliphatic hydroxyl groups is 1. The summed E-state index contributed by atoms with van der Waals surface area (Å²) in [7, 11) is 0. The van der Waals surface area contributed by atoms with Crippen LogP contribution in [0.3, 0.4) is 0 Å². The largest absolute Gasteiger partial charge is 0.392 e. The van der Waals surface area contributed by atoms with Crippen molar-refractivity contribution in [2.24, 2.45) is 0 Å². The van der Waals surface area contributed by atoms with Crippen LogP contribution in [0.4, 0.5) is 4.39 Å². The van der Waals surface area contributed by atoms with Gasteiger partial charge in [-0.3, -0.25) is 4.79 Å². The Balaban J connectivity index is 1.92. The molecule has 0 aliphatic carbocycles. The van der Waals surface area contributed by atoms with Crippen molar-refractivity contribution in [3.8, 4) is 0 Å². The highest BCUT2D eigenvalue weighted by Crippen LogP contribution is 2.36. The third-order valence-electron chi connectivity index (χ3n) is 4.52. The van der Waals surface area contributed by atoms with E-state index in [9.17, 15) is 14.3 Å². The molecule has 0 bridgehead atoms. The van der Waals surface area contributed by atoms with E-state index in [1.54, 1.807) is 30.0 Å². The topological polar surface area (TPSA) is 52.6 Å². The Morgan fingerprint density at radius 3 is 2.64 bits per heavy atom. The first-order valence-electron chi connectivity index (χ1n) is 8.58.